The zero-order chi connectivity index (χ0) is 18.7. The molecule has 2 heterocycles. The molecule has 1 fully saturated rings. The molecule has 1 N–H and O–H groups in total. The monoisotopic (exact) mass is 360 g/mol. The fraction of sp³-hybridized carbons (Fsp3) is 0.550. The minimum absolute atomic E-state index is 0.0897. The second kappa shape index (κ2) is 8.20. The average molecular weight is 360 g/mol. The summed E-state index contributed by atoms with van der Waals surface area (Å²) in [6.45, 7) is 9.27. The van der Waals surface area contributed by atoms with Crippen molar-refractivity contribution in [2.24, 2.45) is 0 Å². The van der Waals surface area contributed by atoms with Crippen LogP contribution in [0.1, 0.15) is 29.0 Å². The molecule has 0 amide bonds. The van der Waals surface area contributed by atoms with Crippen LogP contribution in [-0.4, -0.2) is 54.5 Å². The number of benzene rings is 1. The number of rotatable bonds is 6. The molecule has 26 heavy (non-hydrogen) atoms. The molecule has 6 heteroatoms. The van der Waals surface area contributed by atoms with Gasteiger partial charge in [0.2, 0.25) is 5.89 Å². The van der Waals surface area contributed by atoms with Gasteiger partial charge in [0, 0.05) is 31.8 Å². The molecular weight excluding hydrogens is 332 g/mol. The van der Waals surface area contributed by atoms with E-state index in [1.54, 1.807) is 7.11 Å². The van der Waals surface area contributed by atoms with Crippen molar-refractivity contribution in [2.45, 2.75) is 39.8 Å². The van der Waals surface area contributed by atoms with Gasteiger partial charge in [-0.15, -0.1) is 0 Å². The highest BCUT2D eigenvalue weighted by molar-refractivity contribution is 5.62. The number of hydrogen-bond donors (Lipinski definition) is 1. The number of methoxy groups -OCH3 is 1. The number of morpholine rings is 1. The largest absolute Gasteiger partial charge is 0.496 e. The lowest BCUT2D eigenvalue weighted by Crippen LogP contribution is -2.42. The van der Waals surface area contributed by atoms with Gasteiger partial charge in [-0.2, -0.15) is 0 Å². The van der Waals surface area contributed by atoms with E-state index in [1.165, 1.54) is 0 Å². The van der Waals surface area contributed by atoms with Crippen LogP contribution < -0.4 is 4.74 Å². The standard InChI is InChI=1S/C20H28N2O4/c1-13-10-19(24-4)14(2)9-17(13)20-21-18(15(3)26-20)12-22-6-8-25-16(11-22)5-7-23/h9-10,16,23H,5-8,11-12H2,1-4H3/t16-/m0/s1. The summed E-state index contributed by atoms with van der Waals surface area (Å²) in [5, 5.41) is 9.12. The Morgan fingerprint density at radius 1 is 1.27 bits per heavy atom. The highest BCUT2D eigenvalue weighted by Crippen LogP contribution is 2.31. The maximum atomic E-state index is 9.12. The van der Waals surface area contributed by atoms with Gasteiger partial charge in [-0.3, -0.25) is 4.90 Å². The van der Waals surface area contributed by atoms with E-state index >= 15 is 0 Å². The summed E-state index contributed by atoms with van der Waals surface area (Å²) in [5.74, 6) is 2.37. The molecular formula is C20H28N2O4. The normalized spacial score (nSPS) is 18.3. The first-order chi connectivity index (χ1) is 12.5. The predicted octanol–water partition coefficient (Wildman–Crippen LogP) is 2.86. The van der Waals surface area contributed by atoms with E-state index in [9.17, 15) is 0 Å². The average Bonchev–Trinajstić information content (AvgIpc) is 2.97. The van der Waals surface area contributed by atoms with Gasteiger partial charge < -0.3 is 19.0 Å². The summed E-state index contributed by atoms with van der Waals surface area (Å²) < 4.78 is 17.0. The quantitative estimate of drug-likeness (QED) is 0.854. The van der Waals surface area contributed by atoms with Crippen molar-refractivity contribution in [1.82, 2.24) is 9.88 Å². The van der Waals surface area contributed by atoms with Crippen LogP contribution in [0.2, 0.25) is 0 Å². The highest BCUT2D eigenvalue weighted by Gasteiger charge is 2.23. The molecule has 6 nitrogen and oxygen atoms in total. The first-order valence-electron chi connectivity index (χ1n) is 9.08. The van der Waals surface area contributed by atoms with Gasteiger partial charge in [0.1, 0.15) is 11.5 Å². The van der Waals surface area contributed by atoms with E-state index < -0.39 is 0 Å². The van der Waals surface area contributed by atoms with Gasteiger partial charge in [-0.1, -0.05) is 0 Å². The molecule has 1 aromatic heterocycles. The number of oxazole rings is 1. The molecule has 1 atom stereocenters. The van der Waals surface area contributed by atoms with E-state index in [0.29, 0.717) is 18.9 Å². The summed E-state index contributed by atoms with van der Waals surface area (Å²) in [6.07, 6.45) is 0.760. The van der Waals surface area contributed by atoms with Crippen molar-refractivity contribution in [3.05, 3.63) is 34.7 Å². The molecule has 0 radical (unpaired) electrons. The third-order valence-electron chi connectivity index (χ3n) is 4.91. The lowest BCUT2D eigenvalue weighted by atomic mass is 10.0. The lowest BCUT2D eigenvalue weighted by molar-refractivity contribution is -0.0411. The molecule has 3 rings (SSSR count). The molecule has 0 spiro atoms. The minimum atomic E-state index is 0.0897. The van der Waals surface area contributed by atoms with Crippen molar-refractivity contribution < 1.29 is 19.0 Å². The van der Waals surface area contributed by atoms with E-state index in [4.69, 9.17) is 24.0 Å². The molecule has 0 bridgehead atoms. The lowest BCUT2D eigenvalue weighted by Gasteiger charge is -2.32. The van der Waals surface area contributed by atoms with Gasteiger partial charge in [0.25, 0.3) is 0 Å². The Hall–Kier alpha value is -1.89. The zero-order valence-electron chi connectivity index (χ0n) is 16.0. The van der Waals surface area contributed by atoms with Crippen molar-refractivity contribution in [2.75, 3.05) is 33.4 Å². The molecule has 0 saturated carbocycles. The fourth-order valence-corrected chi connectivity index (χ4v) is 3.38. The molecule has 1 aliphatic heterocycles. The van der Waals surface area contributed by atoms with E-state index in [1.807, 2.05) is 26.8 Å². The summed E-state index contributed by atoms with van der Waals surface area (Å²) in [7, 11) is 1.68. The van der Waals surface area contributed by atoms with Crippen LogP contribution in [0.5, 0.6) is 5.75 Å². The van der Waals surface area contributed by atoms with Crippen LogP contribution >= 0.6 is 0 Å². The highest BCUT2D eigenvalue weighted by atomic mass is 16.5. The number of aryl methyl sites for hydroxylation is 3. The Kier molecular flexibility index (Phi) is 5.96. The van der Waals surface area contributed by atoms with Gasteiger partial charge in [-0.05, 0) is 50.5 Å². The summed E-state index contributed by atoms with van der Waals surface area (Å²) >= 11 is 0. The number of aliphatic hydroxyl groups is 1. The number of aliphatic hydroxyl groups excluding tert-OH is 1. The predicted molar refractivity (Wildman–Crippen MR) is 99.4 cm³/mol. The third kappa shape index (κ3) is 4.09. The molecule has 2 aromatic rings. The summed E-state index contributed by atoms with van der Waals surface area (Å²) in [5.41, 5.74) is 4.09. The second-order valence-corrected chi connectivity index (χ2v) is 6.90. The Bertz CT molecular complexity index is 755. The number of ether oxygens (including phenoxy) is 2. The second-order valence-electron chi connectivity index (χ2n) is 6.90. The summed E-state index contributed by atoms with van der Waals surface area (Å²) in [4.78, 5) is 7.07. The van der Waals surface area contributed by atoms with Crippen LogP contribution in [-0.2, 0) is 11.3 Å². The number of nitrogens with zero attached hydrogens (tertiary/aromatic N) is 2. The third-order valence-corrected chi connectivity index (χ3v) is 4.91. The summed E-state index contributed by atoms with van der Waals surface area (Å²) in [6, 6.07) is 4.08. The maximum absolute atomic E-state index is 9.12. The molecule has 0 aliphatic carbocycles. The first kappa shape index (κ1) is 18.9. The SMILES string of the molecule is COc1cc(C)c(-c2nc(CN3CCO[C@@H](CCO)C3)c(C)o2)cc1C. The van der Waals surface area contributed by atoms with Crippen molar-refractivity contribution in [3.8, 4) is 17.2 Å². The van der Waals surface area contributed by atoms with Crippen LogP contribution in [0.15, 0.2) is 16.5 Å². The van der Waals surface area contributed by atoms with E-state index in [0.717, 1.165) is 53.5 Å². The Labute approximate surface area is 154 Å². The molecule has 1 aromatic carbocycles. The molecule has 0 unspecified atom stereocenters. The maximum Gasteiger partial charge on any atom is 0.226 e. The van der Waals surface area contributed by atoms with Gasteiger partial charge in [0.05, 0.1) is 25.5 Å². The molecule has 1 saturated heterocycles. The van der Waals surface area contributed by atoms with Crippen molar-refractivity contribution >= 4 is 0 Å². The van der Waals surface area contributed by atoms with Crippen LogP contribution in [0.25, 0.3) is 11.5 Å². The first-order valence-corrected chi connectivity index (χ1v) is 9.08. The van der Waals surface area contributed by atoms with Crippen molar-refractivity contribution in [3.63, 3.8) is 0 Å². The van der Waals surface area contributed by atoms with Crippen LogP contribution in [0.4, 0.5) is 0 Å². The van der Waals surface area contributed by atoms with Crippen molar-refractivity contribution in [1.29, 1.82) is 0 Å². The number of aromatic nitrogens is 1. The van der Waals surface area contributed by atoms with Gasteiger partial charge in [0.15, 0.2) is 0 Å². The van der Waals surface area contributed by atoms with E-state index in [2.05, 4.69) is 11.0 Å². The Morgan fingerprint density at radius 2 is 2.08 bits per heavy atom. The minimum Gasteiger partial charge on any atom is -0.496 e. The van der Waals surface area contributed by atoms with E-state index in [-0.39, 0.29) is 12.7 Å². The Balaban J connectivity index is 1.78. The topological polar surface area (TPSA) is 68.0 Å². The Morgan fingerprint density at radius 3 is 2.81 bits per heavy atom. The molecule has 142 valence electrons. The smallest absolute Gasteiger partial charge is 0.226 e. The zero-order valence-corrected chi connectivity index (χ0v) is 16.0. The van der Waals surface area contributed by atoms with Crippen LogP contribution in [0.3, 0.4) is 0 Å². The fourth-order valence-electron chi connectivity index (χ4n) is 3.38. The molecule has 1 aliphatic rings. The van der Waals surface area contributed by atoms with Gasteiger partial charge in [-0.25, -0.2) is 4.98 Å². The van der Waals surface area contributed by atoms with Gasteiger partial charge >= 0.3 is 0 Å². The van der Waals surface area contributed by atoms with Crippen LogP contribution in [0, 0.1) is 20.8 Å². The number of hydrogen-bond acceptors (Lipinski definition) is 6.